The fourth-order valence-corrected chi connectivity index (χ4v) is 5.92. The molecule has 9 nitrogen and oxygen atoms in total. The molecule has 186 valence electrons. The van der Waals surface area contributed by atoms with Gasteiger partial charge in [0.1, 0.15) is 5.75 Å². The Bertz CT molecular complexity index is 1260. The van der Waals surface area contributed by atoms with E-state index in [0.29, 0.717) is 42.1 Å². The Morgan fingerprint density at radius 3 is 2.26 bits per heavy atom. The van der Waals surface area contributed by atoms with Crippen LogP contribution in [0.3, 0.4) is 0 Å². The van der Waals surface area contributed by atoms with E-state index in [1.165, 1.54) is 28.6 Å². The summed E-state index contributed by atoms with van der Waals surface area (Å²) in [5.74, 6) is 1.14. The van der Waals surface area contributed by atoms with Crippen molar-refractivity contribution in [2.75, 3.05) is 20.2 Å². The number of sulfonamides is 1. The fourth-order valence-electron chi connectivity index (χ4n) is 4.24. The minimum atomic E-state index is -3.62. The van der Waals surface area contributed by atoms with Gasteiger partial charge in [-0.05, 0) is 73.7 Å². The van der Waals surface area contributed by atoms with Gasteiger partial charge in [0.2, 0.25) is 15.9 Å². The molecule has 1 aliphatic rings. The molecule has 0 bridgehead atoms. The van der Waals surface area contributed by atoms with E-state index in [4.69, 9.17) is 13.9 Å². The third-order valence-corrected chi connectivity index (χ3v) is 7.82. The number of nitrogens with zero attached hydrogens (tertiary/aromatic N) is 3. The van der Waals surface area contributed by atoms with Gasteiger partial charge in [0.15, 0.2) is 6.10 Å². The van der Waals surface area contributed by atoms with Crippen LogP contribution in [0.15, 0.2) is 57.8 Å². The number of carbonyl (C=O) groups excluding carboxylic acids is 1. The molecule has 0 N–H and O–H groups in total. The van der Waals surface area contributed by atoms with E-state index in [2.05, 4.69) is 24.0 Å². The molecular weight excluding hydrogens is 470 g/mol. The third-order valence-electron chi connectivity index (χ3n) is 5.97. The lowest BCUT2D eigenvalue weighted by Crippen LogP contribution is -2.42. The minimum Gasteiger partial charge on any atom is -0.497 e. The molecule has 1 aliphatic heterocycles. The van der Waals surface area contributed by atoms with Crippen LogP contribution in [0.5, 0.6) is 5.75 Å². The second-order valence-electron chi connectivity index (χ2n) is 9.01. The summed E-state index contributed by atoms with van der Waals surface area (Å²) in [6.45, 7) is 6.73. The van der Waals surface area contributed by atoms with Crippen molar-refractivity contribution in [3.63, 3.8) is 0 Å². The Morgan fingerprint density at radius 2 is 1.66 bits per heavy atom. The monoisotopic (exact) mass is 499 g/mol. The topological polar surface area (TPSA) is 112 Å². The first-order chi connectivity index (χ1) is 16.7. The summed E-state index contributed by atoms with van der Waals surface area (Å²) in [4.78, 5) is 12.8. The Labute approximate surface area is 205 Å². The number of aromatic nitrogens is 2. The van der Waals surface area contributed by atoms with Crippen molar-refractivity contribution >= 4 is 16.0 Å². The number of esters is 1. The van der Waals surface area contributed by atoms with Crippen LogP contribution in [0, 0.1) is 11.8 Å². The molecule has 0 radical (unpaired) electrons. The van der Waals surface area contributed by atoms with Gasteiger partial charge in [-0.1, -0.05) is 13.8 Å². The summed E-state index contributed by atoms with van der Waals surface area (Å²) in [5, 5.41) is 8.00. The number of benzene rings is 2. The lowest BCUT2D eigenvalue weighted by atomic mass is 9.94. The van der Waals surface area contributed by atoms with Crippen LogP contribution in [0.2, 0.25) is 0 Å². The van der Waals surface area contributed by atoms with Gasteiger partial charge in [-0.3, -0.25) is 0 Å². The lowest BCUT2D eigenvalue weighted by Gasteiger charge is -2.34. The van der Waals surface area contributed by atoms with Crippen molar-refractivity contribution in [2.45, 2.75) is 38.2 Å². The highest BCUT2D eigenvalue weighted by atomic mass is 32.2. The van der Waals surface area contributed by atoms with Crippen LogP contribution in [-0.2, 0) is 14.8 Å². The van der Waals surface area contributed by atoms with Crippen LogP contribution in [0.4, 0.5) is 0 Å². The maximum absolute atomic E-state index is 13.1. The molecule has 35 heavy (non-hydrogen) atoms. The van der Waals surface area contributed by atoms with Gasteiger partial charge in [-0.15, -0.1) is 10.2 Å². The molecule has 3 aromatic rings. The quantitative estimate of drug-likeness (QED) is 0.442. The summed E-state index contributed by atoms with van der Waals surface area (Å²) >= 11 is 0. The van der Waals surface area contributed by atoms with E-state index in [0.717, 1.165) is 6.42 Å². The summed E-state index contributed by atoms with van der Waals surface area (Å²) in [6, 6.07) is 12.9. The van der Waals surface area contributed by atoms with Crippen LogP contribution < -0.4 is 4.74 Å². The van der Waals surface area contributed by atoms with Gasteiger partial charge in [0.05, 0.1) is 17.6 Å². The van der Waals surface area contributed by atoms with Crippen molar-refractivity contribution in [3.8, 4) is 17.2 Å². The number of rotatable bonds is 7. The van der Waals surface area contributed by atoms with E-state index in [-0.39, 0.29) is 16.3 Å². The van der Waals surface area contributed by atoms with Gasteiger partial charge in [0.25, 0.3) is 5.89 Å². The average Bonchev–Trinajstić information content (AvgIpc) is 3.34. The van der Waals surface area contributed by atoms with Gasteiger partial charge in [0, 0.05) is 18.7 Å². The zero-order chi connectivity index (χ0) is 25.2. The first-order valence-corrected chi connectivity index (χ1v) is 12.9. The molecular formula is C25H29N3O6S. The van der Waals surface area contributed by atoms with Crippen LogP contribution in [-0.4, -0.2) is 49.1 Å². The maximum atomic E-state index is 13.1. The Hall–Kier alpha value is -3.24. The number of carbonyl (C=O) groups is 1. The molecule has 1 saturated heterocycles. The van der Waals surface area contributed by atoms with Crippen LogP contribution in [0.1, 0.15) is 49.5 Å². The summed E-state index contributed by atoms with van der Waals surface area (Å²) < 4.78 is 43.9. The Kier molecular flexibility index (Phi) is 7.23. The largest absolute Gasteiger partial charge is 0.497 e. The molecule has 3 atom stereocenters. The molecule has 2 aromatic carbocycles. The maximum Gasteiger partial charge on any atom is 0.338 e. The number of hydrogen-bond acceptors (Lipinski definition) is 8. The molecule has 1 fully saturated rings. The van der Waals surface area contributed by atoms with Gasteiger partial charge >= 0.3 is 5.97 Å². The number of ether oxygens (including phenoxy) is 2. The standard InChI is InChI=1S/C25H29N3O6S/c1-16-13-17(2)15-28(14-16)35(30,31)22-11-7-20(8-12-22)25(29)33-18(3)23-26-27-24(34-23)19-5-9-21(32-4)10-6-19/h5-12,16-18H,13-15H2,1-4H3. The zero-order valence-electron chi connectivity index (χ0n) is 20.2. The highest BCUT2D eigenvalue weighted by molar-refractivity contribution is 7.89. The Balaban J connectivity index is 1.41. The summed E-state index contributed by atoms with van der Waals surface area (Å²) in [5.41, 5.74) is 0.934. The van der Waals surface area contributed by atoms with E-state index < -0.39 is 22.1 Å². The first kappa shape index (κ1) is 24.9. The van der Waals surface area contributed by atoms with Crippen molar-refractivity contribution in [1.29, 1.82) is 0 Å². The second-order valence-corrected chi connectivity index (χ2v) is 11.0. The molecule has 0 spiro atoms. The molecule has 2 heterocycles. The molecule has 0 aliphatic carbocycles. The highest BCUT2D eigenvalue weighted by Gasteiger charge is 2.31. The normalized spacial score (nSPS) is 19.8. The number of piperidine rings is 1. The zero-order valence-corrected chi connectivity index (χ0v) is 21.0. The average molecular weight is 500 g/mol. The van der Waals surface area contributed by atoms with Gasteiger partial charge < -0.3 is 13.9 Å². The highest BCUT2D eigenvalue weighted by Crippen LogP contribution is 2.28. The van der Waals surface area contributed by atoms with Crippen LogP contribution in [0.25, 0.3) is 11.5 Å². The number of hydrogen-bond donors (Lipinski definition) is 0. The van der Waals surface area contributed by atoms with E-state index in [9.17, 15) is 13.2 Å². The van der Waals surface area contributed by atoms with Crippen molar-refractivity contribution in [3.05, 3.63) is 60.0 Å². The molecule has 4 rings (SSSR count). The van der Waals surface area contributed by atoms with Crippen molar-refractivity contribution < 1.29 is 27.1 Å². The Morgan fingerprint density at radius 1 is 1.03 bits per heavy atom. The van der Waals surface area contributed by atoms with E-state index in [1.54, 1.807) is 38.3 Å². The summed E-state index contributed by atoms with van der Waals surface area (Å²) in [6.07, 6.45) is 0.220. The van der Waals surface area contributed by atoms with Gasteiger partial charge in [-0.25, -0.2) is 13.2 Å². The van der Waals surface area contributed by atoms with E-state index >= 15 is 0 Å². The number of methoxy groups -OCH3 is 1. The second kappa shape index (κ2) is 10.2. The molecule has 10 heteroatoms. The summed E-state index contributed by atoms with van der Waals surface area (Å²) in [7, 11) is -2.04. The predicted molar refractivity (Wildman–Crippen MR) is 128 cm³/mol. The lowest BCUT2D eigenvalue weighted by molar-refractivity contribution is 0.0279. The minimum absolute atomic E-state index is 0.150. The first-order valence-electron chi connectivity index (χ1n) is 11.5. The molecule has 0 amide bonds. The molecule has 3 unspecified atom stereocenters. The predicted octanol–water partition coefficient (Wildman–Crippen LogP) is 4.33. The molecule has 0 saturated carbocycles. The SMILES string of the molecule is COc1ccc(-c2nnc(C(C)OC(=O)c3ccc(S(=O)(=O)N4CC(C)CC(C)C4)cc3)o2)cc1. The van der Waals surface area contributed by atoms with Crippen molar-refractivity contribution in [2.24, 2.45) is 11.8 Å². The fraction of sp³-hybridized carbons (Fsp3) is 0.400. The van der Waals surface area contributed by atoms with Crippen LogP contribution >= 0.6 is 0 Å². The van der Waals surface area contributed by atoms with Crippen molar-refractivity contribution in [1.82, 2.24) is 14.5 Å². The smallest absolute Gasteiger partial charge is 0.338 e. The molecule has 1 aromatic heterocycles. The van der Waals surface area contributed by atoms with E-state index in [1.807, 2.05) is 0 Å². The van der Waals surface area contributed by atoms with Gasteiger partial charge in [-0.2, -0.15) is 4.31 Å². The third kappa shape index (κ3) is 5.54.